The van der Waals surface area contributed by atoms with Crippen molar-refractivity contribution in [1.29, 1.82) is 0 Å². The van der Waals surface area contributed by atoms with Gasteiger partial charge in [-0.15, -0.1) is 0 Å². The third-order valence-electron chi connectivity index (χ3n) is 11.5. The molecule has 0 rings (SSSR count). The molecule has 6 nitrogen and oxygen atoms in total. The van der Waals surface area contributed by atoms with Crippen molar-refractivity contribution in [3.63, 3.8) is 0 Å². The summed E-state index contributed by atoms with van der Waals surface area (Å²) >= 11 is 0. The van der Waals surface area contributed by atoms with Crippen molar-refractivity contribution in [2.24, 2.45) is 0 Å². The highest BCUT2D eigenvalue weighted by Crippen LogP contribution is 2.18. The summed E-state index contributed by atoms with van der Waals surface area (Å²) in [5.74, 6) is -0.485. The second kappa shape index (κ2) is 45.4. The predicted molar refractivity (Wildman–Crippen MR) is 246 cm³/mol. The largest absolute Gasteiger partial charge is 0.462 e. The number of nitrogens with one attached hydrogen (secondary N) is 1. The fourth-order valence-electron chi connectivity index (χ4n) is 7.66. The maximum atomic E-state index is 13.2. The van der Waals surface area contributed by atoms with Gasteiger partial charge in [0, 0.05) is 6.42 Å². The van der Waals surface area contributed by atoms with E-state index in [4.69, 9.17) is 4.74 Å². The lowest BCUT2D eigenvalue weighted by Gasteiger charge is -2.24. The van der Waals surface area contributed by atoms with Crippen molar-refractivity contribution in [3.8, 4) is 0 Å². The van der Waals surface area contributed by atoms with Crippen LogP contribution >= 0.6 is 0 Å². The van der Waals surface area contributed by atoms with Crippen LogP contribution in [0.1, 0.15) is 265 Å². The standard InChI is InChI=1S/C51H97NO5/c1-4-7-10-13-16-19-22-24-25-27-28-30-33-36-39-42-47(57-51(56)44-41-38-35-32-21-18-15-12-9-6-3)45-50(55)52-48(46-53)49(54)43-40-37-34-31-29-26-23-20-17-14-11-8-5-2/h12,15,24-25,47-49,53-54H,4-11,13-14,16-23,26-46H2,1-3H3,(H,52,55)/b15-12-,25-24+. The van der Waals surface area contributed by atoms with Crippen LogP contribution in [-0.4, -0.2) is 46.9 Å². The maximum Gasteiger partial charge on any atom is 0.306 e. The molecule has 0 heterocycles. The van der Waals surface area contributed by atoms with E-state index in [2.05, 4.69) is 50.4 Å². The van der Waals surface area contributed by atoms with Gasteiger partial charge in [-0.05, 0) is 70.6 Å². The van der Waals surface area contributed by atoms with Gasteiger partial charge in [-0.1, -0.05) is 206 Å². The van der Waals surface area contributed by atoms with Crippen molar-refractivity contribution in [2.75, 3.05) is 6.61 Å². The third kappa shape index (κ3) is 40.9. The smallest absolute Gasteiger partial charge is 0.306 e. The Balaban J connectivity index is 4.56. The van der Waals surface area contributed by atoms with Crippen molar-refractivity contribution in [3.05, 3.63) is 24.3 Å². The molecule has 1 amide bonds. The number of esters is 1. The first-order chi connectivity index (χ1) is 28.0. The summed E-state index contributed by atoms with van der Waals surface area (Å²) in [5, 5.41) is 23.7. The molecule has 6 heteroatoms. The van der Waals surface area contributed by atoms with Gasteiger partial charge in [-0.3, -0.25) is 9.59 Å². The molecule has 0 spiro atoms. The fourth-order valence-corrected chi connectivity index (χ4v) is 7.66. The van der Waals surface area contributed by atoms with Gasteiger partial charge >= 0.3 is 5.97 Å². The van der Waals surface area contributed by atoms with Crippen molar-refractivity contribution in [2.45, 2.75) is 283 Å². The average Bonchev–Trinajstić information content (AvgIpc) is 3.20. The number of unbranched alkanes of at least 4 members (excludes halogenated alkanes) is 29. The van der Waals surface area contributed by atoms with Gasteiger partial charge in [0.25, 0.3) is 0 Å². The van der Waals surface area contributed by atoms with E-state index in [1.165, 1.54) is 148 Å². The average molecular weight is 804 g/mol. The molecule has 0 fully saturated rings. The number of rotatable bonds is 45. The molecule has 0 radical (unpaired) electrons. The summed E-state index contributed by atoms with van der Waals surface area (Å²) < 4.78 is 5.91. The number of hydrogen-bond acceptors (Lipinski definition) is 5. The first-order valence-electron chi connectivity index (χ1n) is 25.1. The second-order valence-corrected chi connectivity index (χ2v) is 17.2. The van der Waals surface area contributed by atoms with Crippen LogP contribution in [0.3, 0.4) is 0 Å². The Morgan fingerprint density at radius 2 is 0.877 bits per heavy atom. The summed E-state index contributed by atoms with van der Waals surface area (Å²) in [6.45, 7) is 6.42. The lowest BCUT2D eigenvalue weighted by molar-refractivity contribution is -0.151. The van der Waals surface area contributed by atoms with Gasteiger partial charge in [-0.2, -0.15) is 0 Å². The van der Waals surface area contributed by atoms with Gasteiger partial charge in [0.1, 0.15) is 6.10 Å². The van der Waals surface area contributed by atoms with E-state index in [1.54, 1.807) is 0 Å². The Labute approximate surface area is 354 Å². The van der Waals surface area contributed by atoms with Gasteiger partial charge in [0.15, 0.2) is 0 Å². The molecule has 0 aliphatic heterocycles. The molecule has 3 atom stereocenters. The molecule has 336 valence electrons. The summed E-state index contributed by atoms with van der Waals surface area (Å²) in [6.07, 6.45) is 50.9. The van der Waals surface area contributed by atoms with Gasteiger partial charge in [0.05, 0.1) is 25.2 Å². The van der Waals surface area contributed by atoms with Crippen LogP contribution in [0.4, 0.5) is 0 Å². The Morgan fingerprint density at radius 3 is 1.32 bits per heavy atom. The Bertz CT molecular complexity index is 904. The van der Waals surface area contributed by atoms with Gasteiger partial charge in [0.2, 0.25) is 5.91 Å². The third-order valence-corrected chi connectivity index (χ3v) is 11.5. The molecule has 0 aliphatic rings. The number of amides is 1. The van der Waals surface area contributed by atoms with E-state index in [0.29, 0.717) is 19.3 Å². The molecular weight excluding hydrogens is 707 g/mol. The number of ether oxygens (including phenoxy) is 1. The fraction of sp³-hybridized carbons (Fsp3) is 0.882. The highest BCUT2D eigenvalue weighted by molar-refractivity contribution is 5.77. The van der Waals surface area contributed by atoms with Gasteiger partial charge in [-0.25, -0.2) is 0 Å². The predicted octanol–water partition coefficient (Wildman–Crippen LogP) is 14.7. The van der Waals surface area contributed by atoms with E-state index >= 15 is 0 Å². The van der Waals surface area contributed by atoms with E-state index in [9.17, 15) is 19.8 Å². The van der Waals surface area contributed by atoms with E-state index in [0.717, 1.165) is 70.6 Å². The Morgan fingerprint density at radius 1 is 0.491 bits per heavy atom. The summed E-state index contributed by atoms with van der Waals surface area (Å²) in [4.78, 5) is 26.0. The number of hydrogen-bond donors (Lipinski definition) is 3. The van der Waals surface area contributed by atoms with Crippen LogP contribution in [0.5, 0.6) is 0 Å². The molecule has 57 heavy (non-hydrogen) atoms. The minimum absolute atomic E-state index is 0.0721. The summed E-state index contributed by atoms with van der Waals surface area (Å²) in [6, 6.07) is -0.701. The van der Waals surface area contributed by atoms with E-state index in [-0.39, 0.29) is 24.9 Å². The number of aliphatic hydroxyl groups excluding tert-OH is 2. The van der Waals surface area contributed by atoms with Crippen LogP contribution in [0, 0.1) is 0 Å². The highest BCUT2D eigenvalue weighted by Gasteiger charge is 2.24. The molecular formula is C51H97NO5. The SMILES string of the molecule is CCC/C=C\CCCCCCCC(=O)OC(CCCCCCC/C=C/CCCCCCCC)CC(=O)NC(CO)C(O)CCCCCCCCCCCCCCC. The highest BCUT2D eigenvalue weighted by atomic mass is 16.5. The molecule has 3 unspecified atom stereocenters. The van der Waals surface area contributed by atoms with Crippen molar-refractivity contribution < 1.29 is 24.5 Å². The zero-order chi connectivity index (χ0) is 41.7. The topological polar surface area (TPSA) is 95.9 Å². The molecule has 3 N–H and O–H groups in total. The first kappa shape index (κ1) is 55.3. The van der Waals surface area contributed by atoms with Crippen molar-refractivity contribution >= 4 is 11.9 Å². The molecule has 0 aromatic heterocycles. The molecule has 0 aromatic carbocycles. The molecule has 0 aromatic rings. The normalized spacial score (nSPS) is 13.4. The zero-order valence-electron chi connectivity index (χ0n) is 38.2. The maximum absolute atomic E-state index is 13.2. The van der Waals surface area contributed by atoms with Crippen LogP contribution in [0.25, 0.3) is 0 Å². The van der Waals surface area contributed by atoms with E-state index < -0.39 is 18.2 Å². The van der Waals surface area contributed by atoms with E-state index in [1.807, 2.05) is 0 Å². The second-order valence-electron chi connectivity index (χ2n) is 17.2. The minimum atomic E-state index is -0.787. The lowest BCUT2D eigenvalue weighted by Crippen LogP contribution is -2.46. The van der Waals surface area contributed by atoms with Crippen LogP contribution in [0.15, 0.2) is 24.3 Å². The molecule has 0 saturated carbocycles. The number of carbonyl (C=O) groups is 2. The molecule has 0 aliphatic carbocycles. The van der Waals surface area contributed by atoms with Crippen LogP contribution < -0.4 is 5.32 Å². The zero-order valence-corrected chi connectivity index (χ0v) is 38.2. The van der Waals surface area contributed by atoms with Crippen molar-refractivity contribution in [1.82, 2.24) is 5.32 Å². The first-order valence-corrected chi connectivity index (χ1v) is 25.1. The molecule has 0 saturated heterocycles. The van der Waals surface area contributed by atoms with Crippen LogP contribution in [-0.2, 0) is 14.3 Å². The lowest BCUT2D eigenvalue weighted by atomic mass is 10.0. The Kier molecular flexibility index (Phi) is 44.1. The Hall–Kier alpha value is -1.66. The molecule has 0 bridgehead atoms. The number of aliphatic hydroxyl groups is 2. The monoisotopic (exact) mass is 804 g/mol. The summed E-state index contributed by atoms with van der Waals surface area (Å²) in [5.41, 5.74) is 0. The quantitative estimate of drug-likeness (QED) is 0.0324. The minimum Gasteiger partial charge on any atom is -0.462 e. The van der Waals surface area contributed by atoms with Gasteiger partial charge < -0.3 is 20.3 Å². The number of carbonyl (C=O) groups excluding carboxylic acids is 2. The van der Waals surface area contributed by atoms with Crippen LogP contribution in [0.2, 0.25) is 0 Å². The number of allylic oxidation sites excluding steroid dienone is 4. The summed E-state index contributed by atoms with van der Waals surface area (Å²) in [7, 11) is 0.